The zero-order valence-electron chi connectivity index (χ0n) is 11.7. The quantitative estimate of drug-likeness (QED) is 0.639. The third kappa shape index (κ3) is 3.59. The molecule has 0 atom stereocenters. The second kappa shape index (κ2) is 6.10. The second-order valence-electron chi connectivity index (χ2n) is 4.87. The molecule has 2 aromatic rings. The lowest BCUT2D eigenvalue weighted by Gasteiger charge is -2.22. The van der Waals surface area contributed by atoms with Gasteiger partial charge in [0.1, 0.15) is 0 Å². The molecule has 0 aliphatic heterocycles. The maximum Gasteiger partial charge on any atom is 0.416 e. The zero-order chi connectivity index (χ0) is 15.6. The molecule has 0 amide bonds. The summed E-state index contributed by atoms with van der Waals surface area (Å²) in [5, 5.41) is 0.177. The molecule has 0 N–H and O–H groups in total. The molecule has 0 fully saturated rings. The molecular weight excluding hydrogens is 343 g/mol. The molecule has 0 spiro atoms. The number of alkyl halides is 4. The highest BCUT2D eigenvalue weighted by molar-refractivity contribution is 9.08. The zero-order valence-corrected chi connectivity index (χ0v) is 13.3. The van der Waals surface area contributed by atoms with Crippen LogP contribution in [0.5, 0.6) is 0 Å². The molecule has 0 aromatic heterocycles. The molecule has 0 aliphatic carbocycles. The summed E-state index contributed by atoms with van der Waals surface area (Å²) < 4.78 is 39.3. The number of nitrogens with zero attached hydrogens (tertiary/aromatic N) is 1. The van der Waals surface area contributed by atoms with Crippen LogP contribution in [0, 0.1) is 6.92 Å². The van der Waals surface area contributed by atoms with Crippen LogP contribution in [0.1, 0.15) is 16.7 Å². The number of anilines is 2. The normalized spacial score (nSPS) is 11.5. The Morgan fingerprint density at radius 2 is 1.57 bits per heavy atom. The predicted molar refractivity (Wildman–Crippen MR) is 83.3 cm³/mol. The predicted octanol–water partition coefficient (Wildman–Crippen LogP) is 5.68. The van der Waals surface area contributed by atoms with E-state index in [-0.39, 0.29) is 10.9 Å². The molecule has 0 saturated heterocycles. The molecule has 2 rings (SSSR count). The minimum Gasteiger partial charge on any atom is -0.345 e. The van der Waals surface area contributed by atoms with Crippen LogP contribution in [0.2, 0.25) is 0 Å². The Morgan fingerprint density at radius 1 is 1.00 bits per heavy atom. The van der Waals surface area contributed by atoms with E-state index in [4.69, 9.17) is 0 Å². The van der Waals surface area contributed by atoms with Crippen molar-refractivity contribution in [2.75, 3.05) is 11.9 Å². The first kappa shape index (κ1) is 15.9. The molecule has 1 nitrogen and oxygen atoms in total. The van der Waals surface area contributed by atoms with Crippen molar-refractivity contribution in [3.05, 3.63) is 59.2 Å². The summed E-state index contributed by atoms with van der Waals surface area (Å²) in [7, 11) is 1.76. The highest BCUT2D eigenvalue weighted by Gasteiger charge is 2.33. The van der Waals surface area contributed by atoms with Gasteiger partial charge in [-0.2, -0.15) is 13.2 Å². The van der Waals surface area contributed by atoms with Crippen molar-refractivity contribution >= 4 is 27.3 Å². The fourth-order valence-corrected chi connectivity index (χ4v) is 2.56. The topological polar surface area (TPSA) is 3.24 Å². The summed E-state index contributed by atoms with van der Waals surface area (Å²) in [6.07, 6.45) is -4.35. The van der Waals surface area contributed by atoms with Gasteiger partial charge in [0, 0.05) is 23.8 Å². The van der Waals surface area contributed by atoms with Crippen LogP contribution in [0.15, 0.2) is 42.5 Å². The summed E-state index contributed by atoms with van der Waals surface area (Å²) in [6, 6.07) is 12.1. The summed E-state index contributed by atoms with van der Waals surface area (Å²) in [4.78, 5) is 1.74. The summed E-state index contributed by atoms with van der Waals surface area (Å²) >= 11 is 3.10. The van der Waals surface area contributed by atoms with Gasteiger partial charge in [-0.05, 0) is 36.8 Å². The number of aryl methyl sites for hydroxylation is 1. The van der Waals surface area contributed by atoms with Crippen molar-refractivity contribution in [1.82, 2.24) is 0 Å². The lowest BCUT2D eigenvalue weighted by Crippen LogP contribution is -2.13. The Morgan fingerprint density at radius 3 is 2.10 bits per heavy atom. The molecule has 0 bridgehead atoms. The van der Waals surface area contributed by atoms with Crippen LogP contribution in [0.25, 0.3) is 0 Å². The third-order valence-corrected chi connectivity index (χ3v) is 3.96. The molecular formula is C16H15BrF3N. The molecule has 0 heterocycles. The number of benzene rings is 2. The minimum atomic E-state index is -4.35. The van der Waals surface area contributed by atoms with Gasteiger partial charge in [0.2, 0.25) is 0 Å². The molecule has 2 aromatic carbocycles. The van der Waals surface area contributed by atoms with Crippen LogP contribution < -0.4 is 4.90 Å². The van der Waals surface area contributed by atoms with E-state index in [1.165, 1.54) is 12.1 Å². The first-order valence-electron chi connectivity index (χ1n) is 6.39. The van der Waals surface area contributed by atoms with Crippen LogP contribution in [-0.2, 0) is 11.5 Å². The number of hydrogen-bond donors (Lipinski definition) is 0. The van der Waals surface area contributed by atoms with Crippen molar-refractivity contribution in [1.29, 1.82) is 0 Å². The van der Waals surface area contributed by atoms with E-state index in [0.717, 1.165) is 11.3 Å². The monoisotopic (exact) mass is 357 g/mol. The van der Waals surface area contributed by atoms with Gasteiger partial charge in [-0.1, -0.05) is 39.7 Å². The van der Waals surface area contributed by atoms with E-state index < -0.39 is 11.7 Å². The van der Waals surface area contributed by atoms with Gasteiger partial charge < -0.3 is 4.90 Å². The summed E-state index contributed by atoms with van der Waals surface area (Å²) in [5.74, 6) is 0. The van der Waals surface area contributed by atoms with E-state index in [9.17, 15) is 13.2 Å². The summed E-state index contributed by atoms with van der Waals surface area (Å²) in [5.41, 5.74) is 2.10. The van der Waals surface area contributed by atoms with Gasteiger partial charge in [0.15, 0.2) is 0 Å². The average molecular weight is 358 g/mol. The SMILES string of the molecule is Cc1ccc(N(C)c2ccc(CBr)c(C(F)(F)F)c2)cc1. The van der Waals surface area contributed by atoms with E-state index in [2.05, 4.69) is 15.9 Å². The smallest absolute Gasteiger partial charge is 0.345 e. The lowest BCUT2D eigenvalue weighted by molar-refractivity contribution is -0.138. The first-order valence-corrected chi connectivity index (χ1v) is 7.51. The molecule has 0 aliphatic rings. The molecule has 0 unspecified atom stereocenters. The Kier molecular flexibility index (Phi) is 4.61. The van der Waals surface area contributed by atoms with Crippen LogP contribution in [-0.4, -0.2) is 7.05 Å². The Balaban J connectivity index is 2.42. The van der Waals surface area contributed by atoms with Crippen molar-refractivity contribution in [3.8, 4) is 0 Å². The number of halogens is 4. The highest BCUT2D eigenvalue weighted by Crippen LogP contribution is 2.36. The molecule has 21 heavy (non-hydrogen) atoms. The maximum absolute atomic E-state index is 13.1. The highest BCUT2D eigenvalue weighted by atomic mass is 79.9. The van der Waals surface area contributed by atoms with E-state index in [1.54, 1.807) is 18.0 Å². The second-order valence-corrected chi connectivity index (χ2v) is 5.43. The van der Waals surface area contributed by atoms with Crippen molar-refractivity contribution in [3.63, 3.8) is 0 Å². The molecule has 0 saturated carbocycles. The van der Waals surface area contributed by atoms with Crippen molar-refractivity contribution < 1.29 is 13.2 Å². The Labute approximate surface area is 130 Å². The van der Waals surface area contributed by atoms with Gasteiger partial charge >= 0.3 is 6.18 Å². The Hall–Kier alpha value is -1.49. The van der Waals surface area contributed by atoms with Crippen LogP contribution in [0.3, 0.4) is 0 Å². The Bertz CT molecular complexity index is 620. The van der Waals surface area contributed by atoms with Gasteiger partial charge in [-0.25, -0.2) is 0 Å². The lowest BCUT2D eigenvalue weighted by atomic mass is 10.1. The van der Waals surface area contributed by atoms with E-state index in [0.29, 0.717) is 5.69 Å². The largest absolute Gasteiger partial charge is 0.416 e. The number of hydrogen-bond acceptors (Lipinski definition) is 1. The minimum absolute atomic E-state index is 0.177. The maximum atomic E-state index is 13.1. The molecule has 5 heteroatoms. The van der Waals surface area contributed by atoms with E-state index in [1.807, 2.05) is 31.2 Å². The first-order chi connectivity index (χ1) is 9.82. The summed E-state index contributed by atoms with van der Waals surface area (Å²) in [6.45, 7) is 1.97. The van der Waals surface area contributed by atoms with Crippen LogP contribution >= 0.6 is 15.9 Å². The van der Waals surface area contributed by atoms with Crippen molar-refractivity contribution in [2.24, 2.45) is 0 Å². The fourth-order valence-electron chi connectivity index (χ4n) is 2.07. The van der Waals surface area contributed by atoms with E-state index >= 15 is 0 Å². The molecule has 0 radical (unpaired) electrons. The van der Waals surface area contributed by atoms with Gasteiger partial charge in [-0.3, -0.25) is 0 Å². The van der Waals surface area contributed by atoms with Gasteiger partial charge in [0.25, 0.3) is 0 Å². The van der Waals surface area contributed by atoms with Crippen LogP contribution in [0.4, 0.5) is 24.5 Å². The van der Waals surface area contributed by atoms with Crippen molar-refractivity contribution in [2.45, 2.75) is 18.4 Å². The average Bonchev–Trinajstić information content (AvgIpc) is 2.45. The van der Waals surface area contributed by atoms with Gasteiger partial charge in [0.05, 0.1) is 5.56 Å². The molecule has 112 valence electrons. The number of rotatable bonds is 3. The van der Waals surface area contributed by atoms with Gasteiger partial charge in [-0.15, -0.1) is 0 Å². The standard InChI is InChI=1S/C16H15BrF3N/c1-11-3-6-13(7-4-11)21(2)14-8-5-12(10-17)15(9-14)16(18,19)20/h3-9H,10H2,1-2H3. The fraction of sp³-hybridized carbons (Fsp3) is 0.250. The third-order valence-electron chi connectivity index (χ3n) is 3.35.